The highest BCUT2D eigenvalue weighted by molar-refractivity contribution is 5.71. The van der Waals surface area contributed by atoms with Crippen molar-refractivity contribution in [2.75, 3.05) is 13.2 Å². The molecule has 0 aliphatic heterocycles. The van der Waals surface area contributed by atoms with Gasteiger partial charge in [0.15, 0.2) is 6.10 Å². The molecular weight excluding hydrogens is 985 g/mol. The fourth-order valence-corrected chi connectivity index (χ4v) is 8.74. The van der Waals surface area contributed by atoms with Crippen molar-refractivity contribution in [1.82, 2.24) is 0 Å². The minimum atomic E-state index is -0.807. The first-order valence-electron chi connectivity index (χ1n) is 32.8. The molecule has 0 heterocycles. The van der Waals surface area contributed by atoms with Crippen LogP contribution in [0.25, 0.3) is 0 Å². The molecule has 0 N–H and O–H groups in total. The van der Waals surface area contributed by atoms with E-state index in [2.05, 4.69) is 167 Å². The van der Waals surface area contributed by atoms with Crippen LogP contribution in [0.1, 0.15) is 284 Å². The molecule has 0 aliphatic rings. The van der Waals surface area contributed by atoms with Crippen LogP contribution in [0.3, 0.4) is 0 Å². The summed E-state index contributed by atoms with van der Waals surface area (Å²) in [7, 11) is 0. The third kappa shape index (κ3) is 64.1. The normalized spacial score (nSPS) is 13.1. The van der Waals surface area contributed by atoms with E-state index in [0.717, 1.165) is 135 Å². The third-order valence-corrected chi connectivity index (χ3v) is 13.6. The highest BCUT2D eigenvalue weighted by Gasteiger charge is 2.19. The predicted molar refractivity (Wildman–Crippen MR) is 348 cm³/mol. The van der Waals surface area contributed by atoms with Crippen molar-refractivity contribution in [2.24, 2.45) is 0 Å². The Labute approximate surface area is 493 Å². The number of ether oxygens (including phenoxy) is 3. The lowest BCUT2D eigenvalue weighted by Gasteiger charge is -2.18. The molecule has 0 aliphatic carbocycles. The standard InChI is InChI=1S/C74H120O6/c1-4-7-10-13-16-19-22-25-28-30-32-34-35-36-37-38-39-41-42-44-46-49-52-55-58-61-64-67-73(76)79-70-71(69-78-72(75)66-63-60-57-54-51-48-27-24-21-18-15-12-9-6-3)80-74(77)68-65-62-59-56-53-50-47-45-43-40-33-31-29-26-23-20-17-14-11-8-5-2/h7-8,10-11,16-17,19-20,25-26,28-29,32-34,36-37,39-41,44,46,52,55,71H,4-6,9,12-15,18,21-24,27,30-31,35,38,42-43,45,47-51,53-54,56-70H2,1-3H3/b10-7-,11-8-,19-16-,20-17-,28-25-,29-26-,34-32-,37-36-,40-33-,41-39-,46-44-,55-52-. The van der Waals surface area contributed by atoms with E-state index in [4.69, 9.17) is 14.2 Å². The van der Waals surface area contributed by atoms with E-state index in [0.29, 0.717) is 25.7 Å². The molecule has 0 bridgehead atoms. The number of allylic oxidation sites excluding steroid dienone is 24. The number of unbranched alkanes of at least 4 members (excludes halogenated alkanes) is 23. The fraction of sp³-hybridized carbons (Fsp3) is 0.635. The average Bonchev–Trinajstić information content (AvgIpc) is 3.46. The number of carbonyl (C=O) groups excluding carboxylic acids is 3. The molecule has 0 spiro atoms. The average molecular weight is 1110 g/mol. The molecule has 0 fully saturated rings. The molecular formula is C74H120O6. The second-order valence-electron chi connectivity index (χ2n) is 21.3. The van der Waals surface area contributed by atoms with Crippen LogP contribution in [0.15, 0.2) is 146 Å². The minimum Gasteiger partial charge on any atom is -0.462 e. The summed E-state index contributed by atoms with van der Waals surface area (Å²) in [5, 5.41) is 0. The van der Waals surface area contributed by atoms with Crippen LogP contribution in [0.5, 0.6) is 0 Å². The van der Waals surface area contributed by atoms with Crippen molar-refractivity contribution in [3.05, 3.63) is 146 Å². The first kappa shape index (κ1) is 75.3. The lowest BCUT2D eigenvalue weighted by Crippen LogP contribution is -2.30. The summed E-state index contributed by atoms with van der Waals surface area (Å²) < 4.78 is 16.9. The topological polar surface area (TPSA) is 78.9 Å². The quantitative estimate of drug-likeness (QED) is 0.0261. The maximum atomic E-state index is 12.9. The summed E-state index contributed by atoms with van der Waals surface area (Å²) in [6, 6.07) is 0. The van der Waals surface area contributed by atoms with Gasteiger partial charge in [-0.1, -0.05) is 289 Å². The van der Waals surface area contributed by atoms with E-state index < -0.39 is 6.10 Å². The first-order valence-corrected chi connectivity index (χ1v) is 32.8. The van der Waals surface area contributed by atoms with Gasteiger partial charge < -0.3 is 14.2 Å². The second kappa shape index (κ2) is 66.8. The Hall–Kier alpha value is -4.71. The first-order chi connectivity index (χ1) is 39.5. The Balaban J connectivity index is 4.46. The highest BCUT2D eigenvalue weighted by atomic mass is 16.6. The molecule has 0 aromatic heterocycles. The SMILES string of the molecule is CC/C=C\C/C=C\C/C=C\C/C=C\C/C=C\C/C=C\C/C=C\C/C=C\CCCCC(=O)OCC(COC(=O)CCCCCCCCCCCCCCCC)OC(=O)CCCCCCCCCC/C=C\C/C=C\C/C=C\C/C=C\CC. The Morgan fingerprint density at radius 1 is 0.263 bits per heavy atom. The number of rotatable bonds is 58. The van der Waals surface area contributed by atoms with E-state index in [1.54, 1.807) is 0 Å². The van der Waals surface area contributed by atoms with Gasteiger partial charge in [0, 0.05) is 19.3 Å². The number of esters is 3. The highest BCUT2D eigenvalue weighted by Crippen LogP contribution is 2.16. The lowest BCUT2D eigenvalue weighted by molar-refractivity contribution is -0.167. The Bertz CT molecular complexity index is 1750. The van der Waals surface area contributed by atoms with Crippen LogP contribution in [-0.4, -0.2) is 37.2 Å². The zero-order valence-electron chi connectivity index (χ0n) is 51.8. The molecule has 6 nitrogen and oxygen atoms in total. The van der Waals surface area contributed by atoms with Gasteiger partial charge in [-0.2, -0.15) is 0 Å². The van der Waals surface area contributed by atoms with Crippen molar-refractivity contribution in [1.29, 1.82) is 0 Å². The molecule has 0 amide bonds. The zero-order valence-corrected chi connectivity index (χ0v) is 51.8. The number of hydrogen-bond donors (Lipinski definition) is 0. The smallest absolute Gasteiger partial charge is 0.306 e. The van der Waals surface area contributed by atoms with E-state index >= 15 is 0 Å². The zero-order chi connectivity index (χ0) is 57.8. The van der Waals surface area contributed by atoms with Gasteiger partial charge >= 0.3 is 17.9 Å². The summed E-state index contributed by atoms with van der Waals surface area (Å²) in [5.41, 5.74) is 0. The summed E-state index contributed by atoms with van der Waals surface area (Å²) in [6.07, 6.45) is 95.6. The minimum absolute atomic E-state index is 0.0978. The van der Waals surface area contributed by atoms with Crippen LogP contribution >= 0.6 is 0 Å². The maximum Gasteiger partial charge on any atom is 0.306 e. The van der Waals surface area contributed by atoms with Crippen molar-refractivity contribution in [2.45, 2.75) is 290 Å². The monoisotopic (exact) mass is 1100 g/mol. The molecule has 0 saturated heterocycles. The van der Waals surface area contributed by atoms with Gasteiger partial charge in [-0.3, -0.25) is 14.4 Å². The number of carbonyl (C=O) groups is 3. The largest absolute Gasteiger partial charge is 0.462 e. The van der Waals surface area contributed by atoms with Gasteiger partial charge in [0.05, 0.1) is 0 Å². The van der Waals surface area contributed by atoms with Gasteiger partial charge in [0.1, 0.15) is 13.2 Å². The Morgan fingerprint density at radius 3 is 0.787 bits per heavy atom. The van der Waals surface area contributed by atoms with E-state index in [-0.39, 0.29) is 31.1 Å². The molecule has 1 atom stereocenters. The van der Waals surface area contributed by atoms with Gasteiger partial charge in [-0.25, -0.2) is 0 Å². The van der Waals surface area contributed by atoms with Crippen LogP contribution < -0.4 is 0 Å². The van der Waals surface area contributed by atoms with Gasteiger partial charge in [0.25, 0.3) is 0 Å². The van der Waals surface area contributed by atoms with Gasteiger partial charge in [0.2, 0.25) is 0 Å². The molecule has 80 heavy (non-hydrogen) atoms. The fourth-order valence-electron chi connectivity index (χ4n) is 8.74. The molecule has 0 radical (unpaired) electrons. The molecule has 0 rings (SSSR count). The van der Waals surface area contributed by atoms with Crippen LogP contribution in [0.2, 0.25) is 0 Å². The Kier molecular flexibility index (Phi) is 62.9. The predicted octanol–water partition coefficient (Wildman–Crippen LogP) is 22.7. The van der Waals surface area contributed by atoms with E-state index in [1.807, 2.05) is 0 Å². The van der Waals surface area contributed by atoms with Crippen molar-refractivity contribution >= 4 is 17.9 Å². The van der Waals surface area contributed by atoms with Crippen LogP contribution in [0.4, 0.5) is 0 Å². The Morgan fingerprint density at radius 2 is 0.487 bits per heavy atom. The van der Waals surface area contributed by atoms with Crippen molar-refractivity contribution < 1.29 is 28.6 Å². The van der Waals surface area contributed by atoms with Crippen LogP contribution in [0, 0.1) is 0 Å². The molecule has 0 saturated carbocycles. The maximum absolute atomic E-state index is 12.9. The summed E-state index contributed by atoms with van der Waals surface area (Å²) in [6.45, 7) is 6.38. The summed E-state index contributed by atoms with van der Waals surface area (Å²) >= 11 is 0. The van der Waals surface area contributed by atoms with Gasteiger partial charge in [-0.05, 0) is 122 Å². The summed E-state index contributed by atoms with van der Waals surface area (Å²) in [4.78, 5) is 38.4. The summed E-state index contributed by atoms with van der Waals surface area (Å²) in [5.74, 6) is -0.949. The molecule has 6 heteroatoms. The molecule has 0 aromatic carbocycles. The van der Waals surface area contributed by atoms with E-state index in [9.17, 15) is 14.4 Å². The second-order valence-corrected chi connectivity index (χ2v) is 21.3. The van der Waals surface area contributed by atoms with Crippen LogP contribution in [-0.2, 0) is 28.6 Å². The van der Waals surface area contributed by atoms with E-state index in [1.165, 1.54) is 103 Å². The van der Waals surface area contributed by atoms with Crippen molar-refractivity contribution in [3.63, 3.8) is 0 Å². The van der Waals surface area contributed by atoms with Gasteiger partial charge in [-0.15, -0.1) is 0 Å². The molecule has 452 valence electrons. The third-order valence-electron chi connectivity index (χ3n) is 13.6. The molecule has 1 unspecified atom stereocenters. The lowest BCUT2D eigenvalue weighted by atomic mass is 10.0. The molecule has 0 aromatic rings. The van der Waals surface area contributed by atoms with Crippen molar-refractivity contribution in [3.8, 4) is 0 Å². The number of hydrogen-bond acceptors (Lipinski definition) is 6.